The lowest BCUT2D eigenvalue weighted by atomic mass is 9.99. The molecule has 4 aromatic rings. The van der Waals surface area contributed by atoms with E-state index in [0.29, 0.717) is 59.2 Å². The van der Waals surface area contributed by atoms with Crippen LogP contribution in [0.15, 0.2) is 50.7 Å². The van der Waals surface area contributed by atoms with Crippen LogP contribution in [0.2, 0.25) is 0 Å². The van der Waals surface area contributed by atoms with E-state index in [1.165, 1.54) is 42.2 Å². The molecule has 6 rings (SSSR count). The minimum Gasteiger partial charge on any atom is -0.496 e. The zero-order chi connectivity index (χ0) is 33.6. The molecule has 0 aliphatic carbocycles. The number of ether oxygens (including phenoxy) is 3. The third-order valence-corrected chi connectivity index (χ3v) is 10.5. The minimum absolute atomic E-state index is 0.0143. The number of para-hydroxylation sites is 1. The molecule has 0 spiro atoms. The van der Waals surface area contributed by atoms with Crippen molar-refractivity contribution >= 4 is 33.4 Å². The highest BCUT2D eigenvalue weighted by Crippen LogP contribution is 2.38. The van der Waals surface area contributed by atoms with Crippen molar-refractivity contribution in [1.29, 1.82) is 0 Å². The first-order chi connectivity index (χ1) is 22.4. The summed E-state index contributed by atoms with van der Waals surface area (Å²) in [5.41, 5.74) is -2.15. The summed E-state index contributed by atoms with van der Waals surface area (Å²) in [6.07, 6.45) is 3.02. The maximum Gasteiger partial charge on any atom is 0.333 e. The molecule has 2 aliphatic rings. The third kappa shape index (κ3) is 5.89. The molecule has 1 N–H and O–H groups in total. The third-order valence-electron chi connectivity index (χ3n) is 9.21. The fraction of sp³-hybridized carbons (Fsp3) is 0.485. The summed E-state index contributed by atoms with van der Waals surface area (Å²) in [7, 11) is 1.55. The van der Waals surface area contributed by atoms with Crippen LogP contribution < -0.4 is 16.0 Å². The van der Waals surface area contributed by atoms with Gasteiger partial charge in [0, 0.05) is 24.9 Å². The highest BCUT2D eigenvalue weighted by Gasteiger charge is 2.39. The molecule has 2 aliphatic heterocycles. The zero-order valence-corrected chi connectivity index (χ0v) is 27.7. The predicted molar refractivity (Wildman–Crippen MR) is 173 cm³/mol. The van der Waals surface area contributed by atoms with Crippen LogP contribution in [0.25, 0.3) is 21.0 Å². The van der Waals surface area contributed by atoms with E-state index in [1.54, 1.807) is 21.0 Å². The molecule has 2 bridgehead atoms. The van der Waals surface area contributed by atoms with Gasteiger partial charge >= 0.3 is 11.7 Å². The molecule has 1 amide bonds. The van der Waals surface area contributed by atoms with Gasteiger partial charge in [0.15, 0.2) is 0 Å². The maximum atomic E-state index is 14.4. The van der Waals surface area contributed by atoms with Gasteiger partial charge in [-0.1, -0.05) is 18.2 Å². The number of carboxylic acid groups (broad SMARTS) is 1. The first-order valence-electron chi connectivity index (χ1n) is 15.5. The van der Waals surface area contributed by atoms with E-state index in [4.69, 9.17) is 18.6 Å². The fourth-order valence-corrected chi connectivity index (χ4v) is 7.97. The number of fused-ring (bicyclic) bond motifs is 4. The lowest BCUT2D eigenvalue weighted by Gasteiger charge is -2.32. The molecule has 5 heterocycles. The topological polar surface area (TPSA) is 155 Å². The predicted octanol–water partition coefficient (Wildman–Crippen LogP) is 3.80. The first kappa shape index (κ1) is 32.7. The van der Waals surface area contributed by atoms with Crippen molar-refractivity contribution in [2.24, 2.45) is 5.92 Å². The van der Waals surface area contributed by atoms with E-state index >= 15 is 0 Å². The lowest BCUT2D eigenvalue weighted by Crippen LogP contribution is -2.52. The van der Waals surface area contributed by atoms with Crippen LogP contribution in [0, 0.1) is 12.8 Å². The van der Waals surface area contributed by atoms with Gasteiger partial charge in [-0.15, -0.1) is 11.3 Å². The monoisotopic (exact) mass is 666 g/mol. The normalized spacial score (nSPS) is 20.6. The van der Waals surface area contributed by atoms with Gasteiger partial charge < -0.3 is 28.6 Å². The number of thiophene rings is 1. The van der Waals surface area contributed by atoms with E-state index in [2.05, 4.69) is 4.98 Å². The van der Waals surface area contributed by atoms with Gasteiger partial charge in [0.05, 0.1) is 55.5 Å². The van der Waals surface area contributed by atoms with Gasteiger partial charge in [0.25, 0.3) is 5.56 Å². The van der Waals surface area contributed by atoms with Crippen molar-refractivity contribution in [1.82, 2.24) is 19.0 Å². The highest BCUT2D eigenvalue weighted by molar-refractivity contribution is 7.22. The number of aliphatic carboxylic acids is 1. The summed E-state index contributed by atoms with van der Waals surface area (Å²) < 4.78 is 26.3. The molecule has 13 nitrogen and oxygen atoms in total. The quantitative estimate of drug-likeness (QED) is 0.279. The summed E-state index contributed by atoms with van der Waals surface area (Å²) >= 11 is 1.18. The number of carboxylic acids is 1. The van der Waals surface area contributed by atoms with Crippen LogP contribution in [0.1, 0.15) is 50.8 Å². The Hall–Kier alpha value is -4.27. The molecule has 14 heteroatoms. The Morgan fingerprint density at radius 1 is 1.19 bits per heavy atom. The highest BCUT2D eigenvalue weighted by atomic mass is 32.1. The molecule has 47 heavy (non-hydrogen) atoms. The number of aromatic nitrogens is 3. The van der Waals surface area contributed by atoms with E-state index < -0.39 is 28.9 Å². The zero-order valence-electron chi connectivity index (χ0n) is 26.9. The standard InChI is InChI=1S/C33H38N4O9S/c1-18-26-29(39)37(33(3,4)31(40)41)32(42)36(30(26)47-27(18)28-34-10-11-45-28)15-25(23-8-6-7-9-24(23)43-5)46-22-12-20-14-35(19(2)38)21(13-22)17-44-16-20/h6-11,20-22,25H,12-17H2,1-5H3,(H,40,41). The summed E-state index contributed by atoms with van der Waals surface area (Å²) in [5, 5.41) is 10.3. The van der Waals surface area contributed by atoms with Crippen LogP contribution in [0.4, 0.5) is 0 Å². The van der Waals surface area contributed by atoms with Crippen LogP contribution in [0.3, 0.4) is 0 Å². The van der Waals surface area contributed by atoms with Crippen LogP contribution >= 0.6 is 11.3 Å². The van der Waals surface area contributed by atoms with E-state index in [0.717, 1.165) is 4.57 Å². The molecule has 1 aromatic carbocycles. The van der Waals surface area contributed by atoms with Crippen LogP contribution in [0.5, 0.6) is 5.75 Å². The number of methoxy groups -OCH3 is 1. The van der Waals surface area contributed by atoms with Gasteiger partial charge in [0.2, 0.25) is 11.8 Å². The van der Waals surface area contributed by atoms with Gasteiger partial charge in [-0.05, 0) is 45.2 Å². The molecule has 0 saturated carbocycles. The average molecular weight is 667 g/mol. The fourth-order valence-electron chi connectivity index (χ4n) is 6.73. The Balaban J connectivity index is 1.52. The van der Waals surface area contributed by atoms with Crippen molar-refractivity contribution in [2.75, 3.05) is 26.9 Å². The number of amides is 1. The minimum atomic E-state index is -1.86. The molecular weight excluding hydrogens is 628 g/mol. The van der Waals surface area contributed by atoms with Crippen LogP contribution in [-0.4, -0.2) is 75.0 Å². The Kier molecular flexibility index (Phi) is 8.85. The molecule has 0 radical (unpaired) electrons. The summed E-state index contributed by atoms with van der Waals surface area (Å²) in [6, 6.07) is 7.19. The van der Waals surface area contributed by atoms with E-state index in [1.807, 2.05) is 29.2 Å². The van der Waals surface area contributed by atoms with Crippen molar-refractivity contribution < 1.29 is 33.3 Å². The second kappa shape index (κ2) is 12.7. The van der Waals surface area contributed by atoms with E-state index in [-0.39, 0.29) is 41.8 Å². The Morgan fingerprint density at radius 2 is 1.96 bits per heavy atom. The lowest BCUT2D eigenvalue weighted by molar-refractivity contribution is -0.146. The molecule has 4 unspecified atom stereocenters. The molecule has 3 aromatic heterocycles. The van der Waals surface area contributed by atoms with Gasteiger partial charge in [-0.25, -0.2) is 19.1 Å². The number of hydrogen-bond donors (Lipinski definition) is 1. The van der Waals surface area contributed by atoms with Gasteiger partial charge in [0.1, 0.15) is 28.5 Å². The van der Waals surface area contributed by atoms with Crippen molar-refractivity contribution in [3.05, 3.63) is 68.7 Å². The number of benzene rings is 1. The average Bonchev–Trinajstić information content (AvgIpc) is 3.57. The molecular formula is C33H38N4O9S. The molecule has 2 saturated heterocycles. The van der Waals surface area contributed by atoms with E-state index in [9.17, 15) is 24.3 Å². The number of oxazole rings is 1. The van der Waals surface area contributed by atoms with Gasteiger partial charge in [-0.2, -0.15) is 0 Å². The molecule has 4 atom stereocenters. The number of carbonyl (C=O) groups excluding carboxylic acids is 1. The molecule has 250 valence electrons. The largest absolute Gasteiger partial charge is 0.496 e. The first-order valence-corrected chi connectivity index (χ1v) is 16.3. The Bertz CT molecular complexity index is 1930. The summed E-state index contributed by atoms with van der Waals surface area (Å²) in [6.45, 7) is 7.37. The second-order valence-corrected chi connectivity index (χ2v) is 13.7. The van der Waals surface area contributed by atoms with Crippen molar-refractivity contribution in [3.63, 3.8) is 0 Å². The SMILES string of the molecule is COc1ccccc1C(Cn1c(=O)n(C(C)(C)C(=O)O)c(=O)c2c(C)c(-c3ncco3)sc21)OC1CC2COCC(C1)N(C(C)=O)C2. The van der Waals surface area contributed by atoms with Crippen molar-refractivity contribution in [3.8, 4) is 16.5 Å². The van der Waals surface area contributed by atoms with Gasteiger partial charge in [-0.3, -0.25) is 14.2 Å². The number of aryl methyl sites for hydroxylation is 1. The second-order valence-electron chi connectivity index (χ2n) is 12.7. The Morgan fingerprint density at radius 3 is 2.64 bits per heavy atom. The number of nitrogens with zero attached hydrogens (tertiary/aromatic N) is 4. The number of carbonyl (C=O) groups is 2. The number of rotatable bonds is 9. The maximum absolute atomic E-state index is 14.4. The molecule has 2 fully saturated rings. The number of hydrogen-bond acceptors (Lipinski definition) is 10. The van der Waals surface area contributed by atoms with Crippen LogP contribution in [-0.2, 0) is 31.1 Å². The Labute approximate surface area is 274 Å². The summed E-state index contributed by atoms with van der Waals surface area (Å²) in [5.74, 6) is -0.453. The summed E-state index contributed by atoms with van der Waals surface area (Å²) in [4.78, 5) is 60.4. The smallest absolute Gasteiger partial charge is 0.333 e. The van der Waals surface area contributed by atoms with Crippen molar-refractivity contribution in [2.45, 2.75) is 70.9 Å².